The van der Waals surface area contributed by atoms with Gasteiger partial charge < -0.3 is 21.3 Å². The Morgan fingerprint density at radius 3 is 1.28 bits per heavy atom. The van der Waals surface area contributed by atoms with E-state index < -0.39 is 20.2 Å². The number of hydrogen-bond donors (Lipinski definition) is 4. The molecule has 0 saturated carbocycles. The molecule has 0 bridgehead atoms. The summed E-state index contributed by atoms with van der Waals surface area (Å²) in [5.41, 5.74) is 15.9. The van der Waals surface area contributed by atoms with Crippen LogP contribution in [0.2, 0.25) is 0 Å². The van der Waals surface area contributed by atoms with Gasteiger partial charge in [0.2, 0.25) is 0 Å². The molecule has 0 aliphatic rings. The Labute approximate surface area is 211 Å². The van der Waals surface area contributed by atoms with Gasteiger partial charge in [0.25, 0.3) is 20.2 Å². The minimum Gasteiger partial charge on any atom is -0.399 e. The Hall–Kier alpha value is -3.32. The highest BCUT2D eigenvalue weighted by atomic mass is 32.2. The molecule has 194 valence electrons. The molecule has 12 heteroatoms. The number of benzene rings is 3. The van der Waals surface area contributed by atoms with Crippen LogP contribution in [0, 0.1) is 0 Å². The van der Waals surface area contributed by atoms with Crippen LogP contribution in [0.15, 0.2) is 72.8 Å². The van der Waals surface area contributed by atoms with E-state index in [0.717, 1.165) is 22.7 Å². The second-order valence-electron chi connectivity index (χ2n) is 8.29. The van der Waals surface area contributed by atoms with E-state index in [-0.39, 0.29) is 24.3 Å². The Morgan fingerprint density at radius 2 is 0.944 bits per heavy atom. The molecule has 0 aliphatic heterocycles. The minimum absolute atomic E-state index is 0.184. The molecular formula is C24H30N4O6S2. The average Bonchev–Trinajstić information content (AvgIpc) is 2.80. The van der Waals surface area contributed by atoms with Crippen molar-refractivity contribution in [1.29, 1.82) is 0 Å². The average molecular weight is 535 g/mol. The maximum atomic E-state index is 11.3. The lowest BCUT2D eigenvalue weighted by atomic mass is 10.1. The van der Waals surface area contributed by atoms with Crippen LogP contribution in [-0.2, 0) is 20.2 Å². The maximum Gasteiger partial charge on any atom is 0.264 e. The summed E-state index contributed by atoms with van der Waals surface area (Å²) in [5.74, 6) is -0.767. The van der Waals surface area contributed by atoms with Crippen molar-refractivity contribution in [3.05, 3.63) is 72.8 Å². The predicted octanol–water partition coefficient (Wildman–Crippen LogP) is 3.68. The smallest absolute Gasteiger partial charge is 0.264 e. The number of nitrogens with two attached hydrogens (primary N) is 2. The molecule has 0 radical (unpaired) electrons. The number of rotatable bonds is 12. The lowest BCUT2D eigenvalue weighted by molar-refractivity contribution is 0.479. The normalized spacial score (nSPS) is 11.8. The Morgan fingerprint density at radius 1 is 0.583 bits per heavy atom. The summed E-state index contributed by atoms with van der Waals surface area (Å²) in [6.45, 7) is 0.607. The third kappa shape index (κ3) is 8.41. The molecule has 36 heavy (non-hydrogen) atoms. The SMILES string of the molecule is Nc1ccc(N(CCCS(=O)(=O)O)c2cccc(N(CCCS(=O)(=O)O)c3ccc(N)cc3)c2)cc1. The number of anilines is 6. The lowest BCUT2D eigenvalue weighted by Gasteiger charge is -2.29. The lowest BCUT2D eigenvalue weighted by Crippen LogP contribution is -2.23. The number of nitrogen functional groups attached to an aromatic ring is 2. The van der Waals surface area contributed by atoms with Crippen LogP contribution in [-0.4, -0.2) is 50.5 Å². The van der Waals surface area contributed by atoms with Gasteiger partial charge in [-0.3, -0.25) is 9.11 Å². The zero-order valence-electron chi connectivity index (χ0n) is 19.6. The van der Waals surface area contributed by atoms with Gasteiger partial charge in [-0.25, -0.2) is 0 Å². The number of hydrogen-bond acceptors (Lipinski definition) is 8. The van der Waals surface area contributed by atoms with Crippen molar-refractivity contribution >= 4 is 54.4 Å². The molecule has 6 N–H and O–H groups in total. The summed E-state index contributed by atoms with van der Waals surface area (Å²) in [4.78, 5) is 3.82. The van der Waals surface area contributed by atoms with Crippen molar-refractivity contribution in [1.82, 2.24) is 0 Å². The molecule has 0 aliphatic carbocycles. The van der Waals surface area contributed by atoms with Gasteiger partial charge in [-0.1, -0.05) is 6.07 Å². The summed E-state index contributed by atoms with van der Waals surface area (Å²) in [6, 6.07) is 21.7. The van der Waals surface area contributed by atoms with E-state index in [4.69, 9.17) is 11.5 Å². The summed E-state index contributed by atoms with van der Waals surface area (Å²) >= 11 is 0. The van der Waals surface area contributed by atoms with Crippen LogP contribution in [0.1, 0.15) is 12.8 Å². The van der Waals surface area contributed by atoms with Crippen molar-refractivity contribution in [2.24, 2.45) is 0 Å². The summed E-state index contributed by atoms with van der Waals surface area (Å²) in [7, 11) is -8.22. The molecule has 0 amide bonds. The van der Waals surface area contributed by atoms with Crippen molar-refractivity contribution < 1.29 is 25.9 Å². The van der Waals surface area contributed by atoms with E-state index in [2.05, 4.69) is 0 Å². The highest BCUT2D eigenvalue weighted by Crippen LogP contribution is 2.33. The molecule has 10 nitrogen and oxygen atoms in total. The fourth-order valence-corrected chi connectivity index (χ4v) is 4.75. The molecule has 0 heterocycles. The van der Waals surface area contributed by atoms with Crippen LogP contribution < -0.4 is 21.3 Å². The van der Waals surface area contributed by atoms with E-state index in [1.807, 2.05) is 58.3 Å². The zero-order chi connectivity index (χ0) is 26.3. The third-order valence-corrected chi connectivity index (χ3v) is 7.04. The predicted molar refractivity (Wildman–Crippen MR) is 144 cm³/mol. The standard InChI is InChI=1S/C24H30N4O6S2/c25-19-6-10-21(11-7-19)27(14-2-16-35(29,30)31)23-4-1-5-24(18-23)28(15-3-17-36(32,33)34)22-12-8-20(26)9-13-22/h1,4-13,18H,2-3,14-17,25-26H2,(H,29,30,31)(H,32,33,34). The first-order valence-corrected chi connectivity index (χ1v) is 14.4. The fraction of sp³-hybridized carbons (Fsp3) is 0.250. The van der Waals surface area contributed by atoms with E-state index in [1.165, 1.54) is 0 Å². The molecule has 3 aromatic carbocycles. The van der Waals surface area contributed by atoms with Crippen LogP contribution in [0.4, 0.5) is 34.1 Å². The highest BCUT2D eigenvalue weighted by Gasteiger charge is 2.16. The van der Waals surface area contributed by atoms with Gasteiger partial charge in [0.05, 0.1) is 11.5 Å². The van der Waals surface area contributed by atoms with Gasteiger partial charge in [-0.05, 0) is 79.6 Å². The van der Waals surface area contributed by atoms with Gasteiger partial charge in [-0.2, -0.15) is 16.8 Å². The van der Waals surface area contributed by atoms with Crippen LogP contribution in [0.5, 0.6) is 0 Å². The van der Waals surface area contributed by atoms with Crippen LogP contribution >= 0.6 is 0 Å². The number of nitrogens with zero attached hydrogens (tertiary/aromatic N) is 2. The zero-order valence-corrected chi connectivity index (χ0v) is 21.2. The van der Waals surface area contributed by atoms with Crippen molar-refractivity contribution in [3.63, 3.8) is 0 Å². The highest BCUT2D eigenvalue weighted by molar-refractivity contribution is 7.86. The van der Waals surface area contributed by atoms with Crippen LogP contribution in [0.25, 0.3) is 0 Å². The molecule has 3 rings (SSSR count). The monoisotopic (exact) mass is 534 g/mol. The molecule has 0 atom stereocenters. The maximum absolute atomic E-state index is 11.3. The van der Waals surface area contributed by atoms with Crippen LogP contribution in [0.3, 0.4) is 0 Å². The minimum atomic E-state index is -4.11. The first-order chi connectivity index (χ1) is 16.9. The first-order valence-electron chi connectivity index (χ1n) is 11.2. The van der Waals surface area contributed by atoms with Crippen molar-refractivity contribution in [2.45, 2.75) is 12.8 Å². The van der Waals surface area contributed by atoms with Crippen molar-refractivity contribution in [3.8, 4) is 0 Å². The van der Waals surface area contributed by atoms with Gasteiger partial charge in [0.15, 0.2) is 0 Å². The molecule has 3 aromatic rings. The van der Waals surface area contributed by atoms with E-state index in [0.29, 0.717) is 24.5 Å². The Bertz CT molecular complexity index is 1260. The quantitative estimate of drug-likeness (QED) is 0.199. The van der Waals surface area contributed by atoms with Gasteiger partial charge >= 0.3 is 0 Å². The molecular weight excluding hydrogens is 504 g/mol. The van der Waals surface area contributed by atoms with Gasteiger partial charge in [0, 0.05) is 47.2 Å². The van der Waals surface area contributed by atoms with E-state index in [9.17, 15) is 25.9 Å². The summed E-state index contributed by atoms with van der Waals surface area (Å²) in [5, 5.41) is 0. The first kappa shape index (κ1) is 27.3. The molecule has 0 unspecified atom stereocenters. The molecule has 0 aromatic heterocycles. The van der Waals surface area contributed by atoms with Gasteiger partial charge in [0.1, 0.15) is 0 Å². The summed E-state index contributed by atoms with van der Waals surface area (Å²) < 4.78 is 63.4. The third-order valence-electron chi connectivity index (χ3n) is 5.43. The van der Waals surface area contributed by atoms with Crippen molar-refractivity contribution in [2.75, 3.05) is 45.9 Å². The molecule has 0 saturated heterocycles. The van der Waals surface area contributed by atoms with Gasteiger partial charge in [-0.15, -0.1) is 0 Å². The van der Waals surface area contributed by atoms with E-state index in [1.54, 1.807) is 24.3 Å². The summed E-state index contributed by atoms with van der Waals surface area (Å²) in [6.07, 6.45) is 0.368. The second kappa shape index (κ2) is 11.6. The molecule has 0 fully saturated rings. The Balaban J connectivity index is 1.97. The Kier molecular flexibility index (Phi) is 8.79. The topological polar surface area (TPSA) is 167 Å². The fourth-order valence-electron chi connectivity index (χ4n) is 3.76. The van der Waals surface area contributed by atoms with E-state index >= 15 is 0 Å². The molecule has 0 spiro atoms. The second-order valence-corrected chi connectivity index (χ2v) is 11.4. The largest absolute Gasteiger partial charge is 0.399 e.